The van der Waals surface area contributed by atoms with Crippen molar-refractivity contribution in [3.8, 4) is 23.1 Å². The Hall–Kier alpha value is -3.70. The number of pyridine rings is 1. The van der Waals surface area contributed by atoms with Gasteiger partial charge in [0.25, 0.3) is 0 Å². The highest BCUT2D eigenvalue weighted by molar-refractivity contribution is 6.02. The van der Waals surface area contributed by atoms with Gasteiger partial charge in [-0.05, 0) is 62.1 Å². The highest BCUT2D eigenvalue weighted by Crippen LogP contribution is 2.44. The number of nitrogens with one attached hydrogen (secondary N) is 1. The van der Waals surface area contributed by atoms with Crippen LogP contribution in [0.1, 0.15) is 45.1 Å². The van der Waals surface area contributed by atoms with Gasteiger partial charge < -0.3 is 19.7 Å². The van der Waals surface area contributed by atoms with E-state index >= 15 is 4.39 Å². The highest BCUT2D eigenvalue weighted by atomic mass is 19.1. The first-order chi connectivity index (χ1) is 21.8. The molecule has 0 aliphatic carbocycles. The number of fused-ring (bicyclic) bond motifs is 4. The third-order valence-electron chi connectivity index (χ3n) is 10.5. The molecule has 3 fully saturated rings. The van der Waals surface area contributed by atoms with Crippen LogP contribution in [0.15, 0.2) is 30.3 Å². The van der Waals surface area contributed by atoms with Crippen molar-refractivity contribution >= 4 is 27.5 Å². The maximum absolute atomic E-state index is 17.0. The Balaban J connectivity index is 1.32. The molecule has 0 bridgehead atoms. The van der Waals surface area contributed by atoms with Crippen LogP contribution in [0.25, 0.3) is 32.9 Å². The minimum atomic E-state index is -0.898. The lowest BCUT2D eigenvalue weighted by Crippen LogP contribution is -2.60. The Morgan fingerprint density at radius 2 is 1.98 bits per heavy atom. The average molecular weight is 619 g/mol. The lowest BCUT2D eigenvalue weighted by molar-refractivity contribution is 0.107. The smallest absolute Gasteiger partial charge is 0.319 e. The normalized spacial score (nSPS) is 27.8. The summed E-state index contributed by atoms with van der Waals surface area (Å²) in [5, 5.41) is 5.35. The van der Waals surface area contributed by atoms with E-state index < -0.39 is 17.5 Å². The maximum Gasteiger partial charge on any atom is 0.319 e. The molecule has 2 aromatic carbocycles. The lowest BCUT2D eigenvalue weighted by Gasteiger charge is -2.42. The zero-order valence-electron chi connectivity index (χ0n) is 25.7. The van der Waals surface area contributed by atoms with Crippen molar-refractivity contribution in [2.75, 3.05) is 37.7 Å². The first-order valence-electron chi connectivity index (χ1n) is 16.0. The van der Waals surface area contributed by atoms with Gasteiger partial charge in [-0.2, -0.15) is 9.97 Å². The molecule has 11 heteroatoms. The van der Waals surface area contributed by atoms with Crippen molar-refractivity contribution in [1.82, 2.24) is 25.2 Å². The number of aromatic nitrogens is 3. The van der Waals surface area contributed by atoms with Crippen LogP contribution in [0.5, 0.6) is 11.9 Å². The third-order valence-corrected chi connectivity index (χ3v) is 10.5. The quantitative estimate of drug-likeness (QED) is 0.304. The SMILES string of the molecule is CC[C@@H]1CN2c3nc(OC[C@@]45CCCN4C[C@H](F)C5)nc4c(F)c(-c5cccc6ccc(F)c(C)c56)nc(c34)O[C@@H](C)[C@@H]2CN1. The molecule has 3 saturated heterocycles. The first kappa shape index (κ1) is 28.8. The molecule has 0 amide bonds. The lowest BCUT2D eigenvalue weighted by atomic mass is 9.95. The highest BCUT2D eigenvalue weighted by Gasteiger charge is 2.49. The molecule has 45 heavy (non-hydrogen) atoms. The second-order valence-corrected chi connectivity index (χ2v) is 13.1. The van der Waals surface area contributed by atoms with E-state index in [-0.39, 0.29) is 53.7 Å². The van der Waals surface area contributed by atoms with Crippen molar-refractivity contribution < 1.29 is 22.6 Å². The van der Waals surface area contributed by atoms with Crippen LogP contribution in [0.2, 0.25) is 0 Å². The summed E-state index contributed by atoms with van der Waals surface area (Å²) in [5.41, 5.74) is 0.520. The summed E-state index contributed by atoms with van der Waals surface area (Å²) in [6.45, 7) is 8.56. The average Bonchev–Trinajstić information content (AvgIpc) is 3.54. The molecule has 8 nitrogen and oxygen atoms in total. The first-order valence-corrected chi connectivity index (χ1v) is 16.0. The molecule has 2 aromatic heterocycles. The number of hydrogen-bond donors (Lipinski definition) is 1. The van der Waals surface area contributed by atoms with Gasteiger partial charge in [-0.3, -0.25) is 4.90 Å². The Bertz CT molecular complexity index is 1820. The van der Waals surface area contributed by atoms with Gasteiger partial charge in [-0.15, -0.1) is 0 Å². The molecule has 0 saturated carbocycles. The van der Waals surface area contributed by atoms with E-state index in [9.17, 15) is 8.78 Å². The van der Waals surface area contributed by atoms with E-state index in [1.54, 1.807) is 19.1 Å². The monoisotopic (exact) mass is 618 g/mol. The molecule has 6 heterocycles. The van der Waals surface area contributed by atoms with Gasteiger partial charge in [0.2, 0.25) is 5.88 Å². The van der Waals surface area contributed by atoms with Crippen molar-refractivity contribution in [2.24, 2.45) is 0 Å². The number of halogens is 3. The van der Waals surface area contributed by atoms with E-state index in [0.717, 1.165) is 31.2 Å². The number of alkyl halides is 1. The van der Waals surface area contributed by atoms with Gasteiger partial charge in [0.05, 0.1) is 11.6 Å². The fourth-order valence-corrected chi connectivity index (χ4v) is 8.05. The molecule has 0 radical (unpaired) electrons. The molecule has 4 aliphatic heterocycles. The number of hydrogen-bond acceptors (Lipinski definition) is 8. The summed E-state index contributed by atoms with van der Waals surface area (Å²) < 4.78 is 59.1. The minimum absolute atomic E-state index is 0.0284. The van der Waals surface area contributed by atoms with E-state index in [1.807, 2.05) is 19.1 Å². The number of piperazine rings is 1. The van der Waals surface area contributed by atoms with Gasteiger partial charge >= 0.3 is 6.01 Å². The Morgan fingerprint density at radius 1 is 1.11 bits per heavy atom. The number of benzene rings is 2. The van der Waals surface area contributed by atoms with Gasteiger partial charge in [-0.1, -0.05) is 31.2 Å². The van der Waals surface area contributed by atoms with Crippen LogP contribution in [-0.2, 0) is 0 Å². The number of nitrogens with zero attached hydrogens (tertiary/aromatic N) is 5. The van der Waals surface area contributed by atoms with Crippen molar-refractivity contribution in [3.63, 3.8) is 0 Å². The van der Waals surface area contributed by atoms with Crippen LogP contribution >= 0.6 is 0 Å². The molecule has 236 valence electrons. The van der Waals surface area contributed by atoms with Gasteiger partial charge in [0.15, 0.2) is 5.82 Å². The molecule has 1 N–H and O–H groups in total. The summed E-state index contributed by atoms with van der Waals surface area (Å²) in [5.74, 6) is -0.272. The summed E-state index contributed by atoms with van der Waals surface area (Å²) >= 11 is 0. The Kier molecular flexibility index (Phi) is 6.83. The fourth-order valence-electron chi connectivity index (χ4n) is 8.05. The fraction of sp³-hybridized carbons (Fsp3) is 0.500. The molecular formula is C34H37F3N6O2. The molecule has 4 aliphatic rings. The number of aryl methyl sites for hydroxylation is 1. The van der Waals surface area contributed by atoms with E-state index in [1.165, 1.54) is 6.07 Å². The Morgan fingerprint density at radius 3 is 2.82 bits per heavy atom. The number of anilines is 1. The van der Waals surface area contributed by atoms with Crippen LogP contribution < -0.4 is 19.7 Å². The summed E-state index contributed by atoms with van der Waals surface area (Å²) in [7, 11) is 0. The van der Waals surface area contributed by atoms with Crippen LogP contribution in [0.4, 0.5) is 19.0 Å². The van der Waals surface area contributed by atoms with Crippen molar-refractivity contribution in [3.05, 3.63) is 47.5 Å². The second-order valence-electron chi connectivity index (χ2n) is 13.1. The van der Waals surface area contributed by atoms with E-state index in [4.69, 9.17) is 19.4 Å². The largest absolute Gasteiger partial charge is 0.472 e. The predicted octanol–water partition coefficient (Wildman–Crippen LogP) is 5.72. The minimum Gasteiger partial charge on any atom is -0.472 e. The molecule has 0 unspecified atom stereocenters. The standard InChI is InChI=1S/C34H37F3N6O2/c1-4-22-16-43-25(14-38-22)19(3)45-32-27-30(28(37)29(39-32)23-8-5-7-20-9-10-24(36)18(2)26(20)23)40-33(41-31(27)43)44-17-34-11-6-12-42(34)15-21(35)13-34/h5,7-10,19,21-22,25,38H,4,6,11-17H2,1-3H3/t19-,21+,22+,25-,34-/m0/s1. The van der Waals surface area contributed by atoms with Gasteiger partial charge in [-0.25, -0.2) is 18.2 Å². The van der Waals surface area contributed by atoms with Crippen LogP contribution in [0.3, 0.4) is 0 Å². The van der Waals surface area contributed by atoms with Crippen LogP contribution in [-0.4, -0.2) is 82.5 Å². The number of ether oxygens (including phenoxy) is 2. The topological polar surface area (TPSA) is 75.6 Å². The summed E-state index contributed by atoms with van der Waals surface area (Å²) in [4.78, 5) is 18.7. The van der Waals surface area contributed by atoms with Crippen molar-refractivity contribution in [2.45, 2.75) is 76.4 Å². The van der Waals surface area contributed by atoms with Gasteiger partial charge in [0.1, 0.15) is 47.1 Å². The van der Waals surface area contributed by atoms with Crippen molar-refractivity contribution in [1.29, 1.82) is 0 Å². The predicted molar refractivity (Wildman–Crippen MR) is 167 cm³/mol. The zero-order valence-corrected chi connectivity index (χ0v) is 25.7. The second kappa shape index (κ2) is 10.7. The van der Waals surface area contributed by atoms with Crippen LogP contribution in [0, 0.1) is 18.6 Å². The summed E-state index contributed by atoms with van der Waals surface area (Å²) in [6, 6.07) is 8.69. The molecule has 4 aromatic rings. The number of rotatable bonds is 5. The maximum atomic E-state index is 17.0. The summed E-state index contributed by atoms with van der Waals surface area (Å²) in [6.07, 6.45) is 1.93. The Labute approximate surface area is 259 Å². The molecule has 8 rings (SSSR count). The zero-order chi connectivity index (χ0) is 31.0. The molecule has 5 atom stereocenters. The van der Waals surface area contributed by atoms with E-state index in [0.29, 0.717) is 53.8 Å². The molecule has 0 spiro atoms. The van der Waals surface area contributed by atoms with E-state index in [2.05, 4.69) is 27.0 Å². The van der Waals surface area contributed by atoms with Gasteiger partial charge in [0, 0.05) is 37.7 Å². The molecular weight excluding hydrogens is 581 g/mol. The third kappa shape index (κ3) is 4.52.